The largest absolute Gasteiger partial charge is 0.353 e. The molecule has 0 heterocycles. The van der Waals surface area contributed by atoms with Gasteiger partial charge in [0.2, 0.25) is 0 Å². The Hall–Kier alpha value is -3.80. The van der Waals surface area contributed by atoms with Crippen LogP contribution in [0.15, 0.2) is 107 Å². The van der Waals surface area contributed by atoms with Gasteiger partial charge in [0.1, 0.15) is 6.34 Å². The van der Waals surface area contributed by atoms with Crippen molar-refractivity contribution >= 4 is 33.6 Å². The maximum atomic E-state index is 6.80. The van der Waals surface area contributed by atoms with E-state index in [1.807, 2.05) is 7.05 Å². The molecule has 37 heavy (non-hydrogen) atoms. The van der Waals surface area contributed by atoms with Gasteiger partial charge in [-0.15, -0.1) is 0 Å². The molecule has 0 spiro atoms. The Balaban J connectivity index is 1.61. The minimum atomic E-state index is -0.235. The zero-order valence-corrected chi connectivity index (χ0v) is 22.1. The summed E-state index contributed by atoms with van der Waals surface area (Å²) in [6.07, 6.45) is 3.10. The SMILES string of the molecule is C=C(C(N)Cc1ccc2ccccc2c1)N(CNC)[C@H](Cc1ccc2ccccc2c1)C(C)=NC=NC. The lowest BCUT2D eigenvalue weighted by molar-refractivity contribution is 0.272. The van der Waals surface area contributed by atoms with E-state index >= 15 is 0 Å². The number of nitrogens with zero attached hydrogens (tertiary/aromatic N) is 3. The maximum absolute atomic E-state index is 6.80. The Labute approximate surface area is 220 Å². The molecule has 0 aromatic heterocycles. The molecule has 0 saturated carbocycles. The fourth-order valence-electron chi connectivity index (χ4n) is 4.84. The zero-order valence-electron chi connectivity index (χ0n) is 22.1. The molecule has 4 rings (SSSR count). The van der Waals surface area contributed by atoms with Crippen molar-refractivity contribution < 1.29 is 0 Å². The first-order valence-electron chi connectivity index (χ1n) is 12.8. The van der Waals surface area contributed by atoms with Crippen LogP contribution in [0.2, 0.25) is 0 Å². The molecule has 0 aliphatic rings. The molecule has 5 nitrogen and oxygen atoms in total. The molecule has 1 unspecified atom stereocenters. The number of benzene rings is 4. The highest BCUT2D eigenvalue weighted by atomic mass is 15.3. The van der Waals surface area contributed by atoms with E-state index in [0.29, 0.717) is 13.1 Å². The summed E-state index contributed by atoms with van der Waals surface area (Å²) in [5.74, 6) is 0. The number of rotatable bonds is 11. The van der Waals surface area contributed by atoms with Crippen molar-refractivity contribution in [3.63, 3.8) is 0 Å². The fraction of sp³-hybridized carbons (Fsp3) is 0.250. The summed E-state index contributed by atoms with van der Waals surface area (Å²) in [7, 11) is 3.68. The maximum Gasteiger partial charge on any atom is 0.109 e. The van der Waals surface area contributed by atoms with Crippen molar-refractivity contribution in [3.8, 4) is 0 Å². The molecule has 2 atom stereocenters. The van der Waals surface area contributed by atoms with Crippen molar-refractivity contribution in [1.29, 1.82) is 0 Å². The second kappa shape index (κ2) is 12.4. The third-order valence-corrected chi connectivity index (χ3v) is 6.87. The minimum Gasteiger partial charge on any atom is -0.353 e. The average molecular weight is 492 g/mol. The quantitative estimate of drug-likeness (QED) is 0.163. The fourth-order valence-corrected chi connectivity index (χ4v) is 4.84. The Morgan fingerprint density at radius 3 is 1.97 bits per heavy atom. The second-order valence-corrected chi connectivity index (χ2v) is 9.51. The number of hydrogen-bond donors (Lipinski definition) is 2. The number of fused-ring (bicyclic) bond motifs is 2. The number of hydrogen-bond acceptors (Lipinski definition) is 4. The standard InChI is InChI=1S/C32H37N5/c1-23(36-21-34-3)32(20-26-14-16-28-10-6-8-12-30(28)18-26)37(22-35-4)24(2)31(33)19-25-13-15-27-9-5-7-11-29(27)17-25/h5-18,21,31-32,35H,2,19-20,22,33H2,1,3-4H3/t31?,32-/m1/s1. The average Bonchev–Trinajstić information content (AvgIpc) is 2.93. The van der Waals surface area contributed by atoms with Gasteiger partial charge in [-0.1, -0.05) is 91.5 Å². The van der Waals surface area contributed by atoms with Crippen molar-refractivity contribution in [3.05, 3.63) is 108 Å². The van der Waals surface area contributed by atoms with E-state index in [1.165, 1.54) is 32.7 Å². The van der Waals surface area contributed by atoms with Crippen LogP contribution in [0.3, 0.4) is 0 Å². The van der Waals surface area contributed by atoms with E-state index in [1.54, 1.807) is 13.4 Å². The number of nitrogens with two attached hydrogens (primary N) is 1. The summed E-state index contributed by atoms with van der Waals surface area (Å²) in [6.45, 7) is 7.14. The molecule has 0 radical (unpaired) electrons. The normalized spacial score (nSPS) is 13.8. The molecule has 190 valence electrons. The third-order valence-electron chi connectivity index (χ3n) is 6.87. The Bertz CT molecular complexity index is 1420. The lowest BCUT2D eigenvalue weighted by Gasteiger charge is -2.37. The molecular formula is C32H37N5. The first kappa shape index (κ1) is 26.3. The molecule has 0 amide bonds. The molecule has 3 N–H and O–H groups in total. The third kappa shape index (κ3) is 6.50. The van der Waals surface area contributed by atoms with Gasteiger partial charge in [0.05, 0.1) is 12.7 Å². The van der Waals surface area contributed by atoms with E-state index < -0.39 is 0 Å². The van der Waals surface area contributed by atoms with Crippen molar-refractivity contribution in [1.82, 2.24) is 10.2 Å². The summed E-state index contributed by atoms with van der Waals surface area (Å²) in [5.41, 5.74) is 11.1. The molecular weight excluding hydrogens is 454 g/mol. The lowest BCUT2D eigenvalue weighted by Crippen LogP contribution is -2.49. The lowest BCUT2D eigenvalue weighted by atomic mass is 9.96. The van der Waals surface area contributed by atoms with Crippen LogP contribution in [-0.2, 0) is 12.8 Å². The van der Waals surface area contributed by atoms with Gasteiger partial charge in [-0.3, -0.25) is 4.99 Å². The van der Waals surface area contributed by atoms with Crippen LogP contribution in [0, 0.1) is 0 Å². The van der Waals surface area contributed by atoms with Crippen LogP contribution in [0.25, 0.3) is 21.5 Å². The van der Waals surface area contributed by atoms with E-state index in [2.05, 4.69) is 119 Å². The van der Waals surface area contributed by atoms with E-state index in [9.17, 15) is 0 Å². The summed E-state index contributed by atoms with van der Waals surface area (Å²) < 4.78 is 0. The second-order valence-electron chi connectivity index (χ2n) is 9.51. The molecule has 5 heteroatoms. The summed E-state index contributed by atoms with van der Waals surface area (Å²) in [5, 5.41) is 8.24. The first-order chi connectivity index (χ1) is 18.0. The van der Waals surface area contributed by atoms with Gasteiger partial charge < -0.3 is 16.0 Å². The van der Waals surface area contributed by atoms with Gasteiger partial charge in [-0.25, -0.2) is 4.99 Å². The molecule has 0 saturated heterocycles. The Kier molecular flexibility index (Phi) is 8.83. The molecule has 4 aromatic rings. The minimum absolute atomic E-state index is 0.0261. The van der Waals surface area contributed by atoms with Crippen molar-refractivity contribution in [2.24, 2.45) is 15.7 Å². The van der Waals surface area contributed by atoms with E-state index in [-0.39, 0.29) is 12.1 Å². The topological polar surface area (TPSA) is 66.0 Å². The molecule has 4 aromatic carbocycles. The van der Waals surface area contributed by atoms with Gasteiger partial charge in [0.15, 0.2) is 0 Å². The smallest absolute Gasteiger partial charge is 0.109 e. The van der Waals surface area contributed by atoms with Crippen LogP contribution >= 0.6 is 0 Å². The monoisotopic (exact) mass is 491 g/mol. The molecule has 0 aliphatic heterocycles. The van der Waals surface area contributed by atoms with Gasteiger partial charge >= 0.3 is 0 Å². The first-order valence-corrected chi connectivity index (χ1v) is 12.8. The van der Waals surface area contributed by atoms with Gasteiger partial charge in [0.25, 0.3) is 0 Å². The summed E-state index contributed by atoms with van der Waals surface area (Å²) in [4.78, 5) is 11.0. The summed E-state index contributed by atoms with van der Waals surface area (Å²) >= 11 is 0. The number of nitrogens with one attached hydrogen (secondary N) is 1. The predicted molar refractivity (Wildman–Crippen MR) is 159 cm³/mol. The Morgan fingerprint density at radius 2 is 1.43 bits per heavy atom. The highest BCUT2D eigenvalue weighted by molar-refractivity contribution is 5.93. The van der Waals surface area contributed by atoms with Crippen LogP contribution < -0.4 is 11.1 Å². The molecule has 0 fully saturated rings. The zero-order chi connectivity index (χ0) is 26.2. The molecule has 0 bridgehead atoms. The predicted octanol–water partition coefficient (Wildman–Crippen LogP) is 5.59. The van der Waals surface area contributed by atoms with E-state index in [0.717, 1.165) is 17.8 Å². The van der Waals surface area contributed by atoms with E-state index in [4.69, 9.17) is 5.73 Å². The summed E-state index contributed by atoms with van der Waals surface area (Å²) in [6, 6.07) is 29.8. The molecule has 0 aliphatic carbocycles. The van der Waals surface area contributed by atoms with Gasteiger partial charge in [0, 0.05) is 24.5 Å². The highest BCUT2D eigenvalue weighted by Crippen LogP contribution is 2.23. The van der Waals surface area contributed by atoms with Crippen LogP contribution in [0.5, 0.6) is 0 Å². The van der Waals surface area contributed by atoms with Gasteiger partial charge in [-0.2, -0.15) is 0 Å². The van der Waals surface area contributed by atoms with Crippen molar-refractivity contribution in [2.75, 3.05) is 20.8 Å². The van der Waals surface area contributed by atoms with Crippen molar-refractivity contribution in [2.45, 2.75) is 31.8 Å². The highest BCUT2D eigenvalue weighted by Gasteiger charge is 2.26. The van der Waals surface area contributed by atoms with Crippen LogP contribution in [0.1, 0.15) is 18.1 Å². The van der Waals surface area contributed by atoms with Crippen LogP contribution in [-0.4, -0.2) is 49.8 Å². The van der Waals surface area contributed by atoms with Crippen LogP contribution in [0.4, 0.5) is 0 Å². The Morgan fingerprint density at radius 1 is 0.892 bits per heavy atom. The van der Waals surface area contributed by atoms with Gasteiger partial charge in [-0.05, 0) is 59.5 Å². The number of aliphatic imine (C=N–C) groups is 2.